The highest BCUT2D eigenvalue weighted by Gasteiger charge is 2.23. The van der Waals surface area contributed by atoms with Crippen LogP contribution in [-0.2, 0) is 5.54 Å². The predicted octanol–water partition coefficient (Wildman–Crippen LogP) is 3.33. The van der Waals surface area contributed by atoms with Crippen LogP contribution in [0, 0.1) is 12.3 Å². The van der Waals surface area contributed by atoms with Gasteiger partial charge in [0.25, 0.3) is 0 Å². The number of rotatable bonds is 7. The lowest BCUT2D eigenvalue weighted by molar-refractivity contribution is 0.148. The Morgan fingerprint density at radius 2 is 1.91 bits per heavy atom. The summed E-state index contributed by atoms with van der Waals surface area (Å²) in [6.45, 7) is 10.9. The zero-order chi connectivity index (χ0) is 16.8. The van der Waals surface area contributed by atoms with Crippen molar-refractivity contribution in [3.05, 3.63) is 35.4 Å². The zero-order valence-electron chi connectivity index (χ0n) is 14.5. The minimum Gasteiger partial charge on any atom is -0.396 e. The monoisotopic (exact) mass is 306 g/mol. The second kappa shape index (κ2) is 7.63. The Balaban J connectivity index is 2.44. The van der Waals surface area contributed by atoms with Gasteiger partial charge in [0.15, 0.2) is 0 Å². The summed E-state index contributed by atoms with van der Waals surface area (Å²) in [6, 6.07) is 8.00. The molecule has 0 aliphatic carbocycles. The van der Waals surface area contributed by atoms with Gasteiger partial charge in [-0.1, -0.05) is 43.7 Å². The molecule has 0 aromatic heterocycles. The summed E-state index contributed by atoms with van der Waals surface area (Å²) in [5, 5.41) is 15.1. The number of urea groups is 1. The Bertz CT molecular complexity index is 496. The average Bonchev–Trinajstić information content (AvgIpc) is 2.43. The lowest BCUT2D eigenvalue weighted by Gasteiger charge is -2.27. The van der Waals surface area contributed by atoms with Crippen LogP contribution in [0.15, 0.2) is 24.3 Å². The number of aryl methyl sites for hydroxylation is 1. The van der Waals surface area contributed by atoms with E-state index in [-0.39, 0.29) is 18.1 Å². The lowest BCUT2D eigenvalue weighted by Crippen LogP contribution is -2.46. The fourth-order valence-corrected chi connectivity index (χ4v) is 2.28. The van der Waals surface area contributed by atoms with Crippen molar-refractivity contribution in [3.63, 3.8) is 0 Å². The third-order valence-corrected chi connectivity index (χ3v) is 3.91. The first kappa shape index (κ1) is 18.5. The van der Waals surface area contributed by atoms with Gasteiger partial charge in [-0.05, 0) is 44.6 Å². The van der Waals surface area contributed by atoms with E-state index >= 15 is 0 Å². The summed E-state index contributed by atoms with van der Waals surface area (Å²) < 4.78 is 0. The van der Waals surface area contributed by atoms with E-state index in [2.05, 4.69) is 16.7 Å². The molecule has 1 rings (SSSR count). The standard InChI is InChI=1S/C18H30N2O2/c1-14-8-6-9-15(12-14)18(4,5)20-16(22)19-11-7-10-17(2,3)13-21/h6,8-9,12,21H,7,10-11,13H2,1-5H3,(H2,19,20,22). The fourth-order valence-electron chi connectivity index (χ4n) is 2.28. The van der Waals surface area contributed by atoms with Crippen LogP contribution in [0.5, 0.6) is 0 Å². The van der Waals surface area contributed by atoms with E-state index in [0.717, 1.165) is 18.4 Å². The molecule has 0 radical (unpaired) electrons. The number of hydrogen-bond donors (Lipinski definition) is 3. The molecule has 0 bridgehead atoms. The molecule has 2 amide bonds. The number of carbonyl (C=O) groups is 1. The van der Waals surface area contributed by atoms with Crippen molar-refractivity contribution in [2.75, 3.05) is 13.2 Å². The Hall–Kier alpha value is -1.55. The van der Waals surface area contributed by atoms with Gasteiger partial charge < -0.3 is 15.7 Å². The third kappa shape index (κ3) is 6.06. The number of hydrogen-bond acceptors (Lipinski definition) is 2. The molecule has 3 N–H and O–H groups in total. The highest BCUT2D eigenvalue weighted by atomic mass is 16.3. The molecule has 0 fully saturated rings. The van der Waals surface area contributed by atoms with Crippen LogP contribution in [0.2, 0.25) is 0 Å². The molecule has 0 unspecified atom stereocenters. The maximum absolute atomic E-state index is 12.0. The summed E-state index contributed by atoms with van der Waals surface area (Å²) >= 11 is 0. The Labute approximate surface area is 134 Å². The van der Waals surface area contributed by atoms with Crippen molar-refractivity contribution in [2.45, 2.75) is 53.0 Å². The molecule has 0 atom stereocenters. The summed E-state index contributed by atoms with van der Waals surface area (Å²) in [5.74, 6) is 0. The van der Waals surface area contributed by atoms with Crippen molar-refractivity contribution in [1.82, 2.24) is 10.6 Å². The van der Waals surface area contributed by atoms with Crippen molar-refractivity contribution in [3.8, 4) is 0 Å². The quantitative estimate of drug-likeness (QED) is 0.677. The van der Waals surface area contributed by atoms with Crippen LogP contribution in [0.3, 0.4) is 0 Å². The molecule has 22 heavy (non-hydrogen) atoms. The van der Waals surface area contributed by atoms with Gasteiger partial charge in [0.05, 0.1) is 5.54 Å². The van der Waals surface area contributed by atoms with E-state index in [1.165, 1.54) is 5.56 Å². The second-order valence-electron chi connectivity index (χ2n) is 7.30. The van der Waals surface area contributed by atoms with Gasteiger partial charge in [0.2, 0.25) is 0 Å². The first-order valence-corrected chi connectivity index (χ1v) is 7.90. The van der Waals surface area contributed by atoms with Crippen LogP contribution < -0.4 is 10.6 Å². The van der Waals surface area contributed by atoms with Gasteiger partial charge in [-0.3, -0.25) is 0 Å². The molecule has 0 aliphatic rings. The molecule has 4 heteroatoms. The number of aliphatic hydroxyl groups is 1. The number of carbonyl (C=O) groups excluding carboxylic acids is 1. The molecule has 124 valence electrons. The molecule has 0 spiro atoms. The van der Waals surface area contributed by atoms with Gasteiger partial charge in [0, 0.05) is 13.2 Å². The summed E-state index contributed by atoms with van der Waals surface area (Å²) in [7, 11) is 0. The van der Waals surface area contributed by atoms with E-state index in [9.17, 15) is 9.90 Å². The van der Waals surface area contributed by atoms with Gasteiger partial charge >= 0.3 is 6.03 Å². The molecule has 1 aromatic rings. The molecule has 0 saturated heterocycles. The van der Waals surface area contributed by atoms with E-state index in [1.54, 1.807) is 0 Å². The topological polar surface area (TPSA) is 61.4 Å². The van der Waals surface area contributed by atoms with Crippen molar-refractivity contribution < 1.29 is 9.90 Å². The molecular formula is C18H30N2O2. The van der Waals surface area contributed by atoms with E-state index in [1.807, 2.05) is 52.8 Å². The Kier molecular flexibility index (Phi) is 6.42. The SMILES string of the molecule is Cc1cccc(C(C)(C)NC(=O)NCCCC(C)(C)CO)c1. The maximum atomic E-state index is 12.0. The van der Waals surface area contributed by atoms with Crippen LogP contribution in [0.1, 0.15) is 51.7 Å². The first-order valence-electron chi connectivity index (χ1n) is 7.90. The van der Waals surface area contributed by atoms with Crippen LogP contribution in [0.25, 0.3) is 0 Å². The summed E-state index contributed by atoms with van der Waals surface area (Å²) in [5.41, 5.74) is 1.77. The number of nitrogens with one attached hydrogen (secondary N) is 2. The predicted molar refractivity (Wildman–Crippen MR) is 90.8 cm³/mol. The van der Waals surface area contributed by atoms with Crippen molar-refractivity contribution >= 4 is 6.03 Å². The summed E-state index contributed by atoms with van der Waals surface area (Å²) in [4.78, 5) is 12.0. The average molecular weight is 306 g/mol. The Morgan fingerprint density at radius 1 is 1.23 bits per heavy atom. The van der Waals surface area contributed by atoms with Gasteiger partial charge in [0.1, 0.15) is 0 Å². The number of aliphatic hydroxyl groups excluding tert-OH is 1. The zero-order valence-corrected chi connectivity index (χ0v) is 14.5. The van der Waals surface area contributed by atoms with Gasteiger partial charge in [-0.25, -0.2) is 4.79 Å². The molecule has 0 aliphatic heterocycles. The highest BCUT2D eigenvalue weighted by molar-refractivity contribution is 5.74. The molecule has 0 saturated carbocycles. The van der Waals surface area contributed by atoms with Crippen molar-refractivity contribution in [2.24, 2.45) is 5.41 Å². The van der Waals surface area contributed by atoms with Gasteiger partial charge in [-0.15, -0.1) is 0 Å². The smallest absolute Gasteiger partial charge is 0.315 e. The lowest BCUT2D eigenvalue weighted by atomic mass is 9.89. The third-order valence-electron chi connectivity index (χ3n) is 3.91. The van der Waals surface area contributed by atoms with Crippen LogP contribution in [0.4, 0.5) is 4.79 Å². The van der Waals surface area contributed by atoms with Crippen LogP contribution >= 0.6 is 0 Å². The molecule has 1 aromatic carbocycles. The molecule has 4 nitrogen and oxygen atoms in total. The van der Waals surface area contributed by atoms with E-state index < -0.39 is 5.54 Å². The number of amides is 2. The first-order chi connectivity index (χ1) is 10.2. The summed E-state index contributed by atoms with van der Waals surface area (Å²) in [6.07, 6.45) is 1.73. The maximum Gasteiger partial charge on any atom is 0.315 e. The highest BCUT2D eigenvalue weighted by Crippen LogP contribution is 2.21. The van der Waals surface area contributed by atoms with Crippen molar-refractivity contribution in [1.29, 1.82) is 0 Å². The fraction of sp³-hybridized carbons (Fsp3) is 0.611. The largest absolute Gasteiger partial charge is 0.396 e. The minimum atomic E-state index is -0.416. The van der Waals surface area contributed by atoms with E-state index in [4.69, 9.17) is 0 Å². The van der Waals surface area contributed by atoms with Gasteiger partial charge in [-0.2, -0.15) is 0 Å². The molecular weight excluding hydrogens is 276 g/mol. The molecule has 0 heterocycles. The van der Waals surface area contributed by atoms with E-state index in [0.29, 0.717) is 6.54 Å². The Morgan fingerprint density at radius 3 is 2.50 bits per heavy atom. The minimum absolute atomic E-state index is 0.0843. The number of benzene rings is 1. The van der Waals surface area contributed by atoms with Crippen LogP contribution in [-0.4, -0.2) is 24.3 Å². The normalized spacial score (nSPS) is 12.1. The second-order valence-corrected chi connectivity index (χ2v) is 7.30.